The van der Waals surface area contributed by atoms with E-state index in [1.165, 1.54) is 22.8 Å². The van der Waals surface area contributed by atoms with Crippen LogP contribution in [0.15, 0.2) is 23.4 Å². The molecule has 0 fully saturated rings. The van der Waals surface area contributed by atoms with Crippen LogP contribution >= 0.6 is 11.6 Å². The van der Waals surface area contributed by atoms with Crippen LogP contribution in [0.25, 0.3) is 0 Å². The highest BCUT2D eigenvalue weighted by Gasteiger charge is 2.26. The topological polar surface area (TPSA) is 62.7 Å². The molecule has 120 valence electrons. The minimum absolute atomic E-state index is 0.0348. The molecule has 0 aliphatic carbocycles. The molecule has 0 atom stereocenters. The van der Waals surface area contributed by atoms with E-state index < -0.39 is 10.0 Å². The normalized spacial score (nSPS) is 12.3. The molecule has 0 aromatic carbocycles. The maximum absolute atomic E-state index is 12.7. The molecule has 0 spiro atoms. The highest BCUT2D eigenvalue weighted by Crippen LogP contribution is 2.23. The summed E-state index contributed by atoms with van der Waals surface area (Å²) in [5, 5.41) is 0.181. The van der Waals surface area contributed by atoms with Crippen LogP contribution in [0.2, 0.25) is 5.02 Å². The lowest BCUT2D eigenvalue weighted by Gasteiger charge is -2.23. The maximum Gasteiger partial charge on any atom is 0.246 e. The Hall–Kier alpha value is -0.730. The molecule has 1 aromatic heterocycles. The summed E-state index contributed by atoms with van der Waals surface area (Å²) in [7, 11) is 1.78. The maximum atomic E-state index is 12.7. The number of halogens is 1. The molecule has 21 heavy (non-hydrogen) atoms. The lowest BCUT2D eigenvalue weighted by atomic mass is 10.4. The average Bonchev–Trinajstić information content (AvgIpc) is 2.42. The Balaban J connectivity index is 2.92. The zero-order chi connectivity index (χ0) is 15.9. The predicted octanol–water partition coefficient (Wildman–Crippen LogP) is 1.32. The minimum Gasteiger partial charge on any atom is -0.383 e. The van der Waals surface area contributed by atoms with Gasteiger partial charge in [-0.3, -0.25) is 4.98 Å². The molecule has 0 saturated carbocycles. The largest absolute Gasteiger partial charge is 0.383 e. The van der Waals surface area contributed by atoms with Gasteiger partial charge in [-0.1, -0.05) is 11.6 Å². The van der Waals surface area contributed by atoms with Gasteiger partial charge in [-0.05, 0) is 33.1 Å². The van der Waals surface area contributed by atoms with Crippen molar-refractivity contribution in [2.75, 3.05) is 47.4 Å². The van der Waals surface area contributed by atoms with E-state index in [0.29, 0.717) is 13.2 Å². The molecular formula is C13H22ClN3O3S. The SMILES string of the molecule is COCCN(CCCN(C)C)S(=O)(=O)c1cnccc1Cl. The number of nitrogens with zero attached hydrogens (tertiary/aromatic N) is 3. The summed E-state index contributed by atoms with van der Waals surface area (Å²) in [5.74, 6) is 0. The van der Waals surface area contributed by atoms with E-state index in [-0.39, 0.29) is 16.5 Å². The second kappa shape index (κ2) is 8.65. The average molecular weight is 336 g/mol. The lowest BCUT2D eigenvalue weighted by molar-refractivity contribution is 0.177. The molecule has 8 heteroatoms. The van der Waals surface area contributed by atoms with E-state index in [0.717, 1.165) is 13.0 Å². The van der Waals surface area contributed by atoms with E-state index in [2.05, 4.69) is 4.98 Å². The third kappa shape index (κ3) is 5.52. The van der Waals surface area contributed by atoms with Crippen molar-refractivity contribution in [2.45, 2.75) is 11.3 Å². The van der Waals surface area contributed by atoms with Crippen LogP contribution in [0.1, 0.15) is 6.42 Å². The predicted molar refractivity (Wildman–Crippen MR) is 83.1 cm³/mol. The fourth-order valence-electron chi connectivity index (χ4n) is 1.80. The van der Waals surface area contributed by atoms with E-state index in [4.69, 9.17) is 16.3 Å². The van der Waals surface area contributed by atoms with Gasteiger partial charge in [-0.2, -0.15) is 4.31 Å². The van der Waals surface area contributed by atoms with Crippen molar-refractivity contribution < 1.29 is 13.2 Å². The standard InChI is InChI=1S/C13H22ClN3O3S/c1-16(2)7-4-8-17(9-10-20-3)21(18,19)13-11-15-6-5-12(13)14/h5-6,11H,4,7-10H2,1-3H3. The third-order valence-corrected chi connectivity index (χ3v) is 5.28. The fraction of sp³-hybridized carbons (Fsp3) is 0.615. The summed E-state index contributed by atoms with van der Waals surface area (Å²) in [6.07, 6.45) is 3.48. The quantitative estimate of drug-likeness (QED) is 0.681. The van der Waals surface area contributed by atoms with E-state index in [1.807, 2.05) is 19.0 Å². The third-order valence-electron chi connectivity index (χ3n) is 2.91. The van der Waals surface area contributed by atoms with Crippen molar-refractivity contribution in [3.8, 4) is 0 Å². The van der Waals surface area contributed by atoms with Gasteiger partial charge < -0.3 is 9.64 Å². The van der Waals surface area contributed by atoms with Gasteiger partial charge in [0.1, 0.15) is 4.90 Å². The summed E-state index contributed by atoms with van der Waals surface area (Å²) < 4.78 is 31.7. The molecule has 0 amide bonds. The van der Waals surface area contributed by atoms with Gasteiger partial charge in [-0.25, -0.2) is 8.42 Å². The van der Waals surface area contributed by atoms with E-state index in [1.54, 1.807) is 7.11 Å². The van der Waals surface area contributed by atoms with Gasteiger partial charge in [0, 0.05) is 32.6 Å². The van der Waals surface area contributed by atoms with Crippen LogP contribution in [0.4, 0.5) is 0 Å². The van der Waals surface area contributed by atoms with Crippen LogP contribution in [0.3, 0.4) is 0 Å². The zero-order valence-corrected chi connectivity index (χ0v) is 14.2. The van der Waals surface area contributed by atoms with Crippen LogP contribution in [-0.2, 0) is 14.8 Å². The summed E-state index contributed by atoms with van der Waals surface area (Å²) in [6.45, 7) is 1.84. The molecule has 6 nitrogen and oxygen atoms in total. The second-order valence-corrected chi connectivity index (χ2v) is 7.17. The Morgan fingerprint density at radius 2 is 2.00 bits per heavy atom. The highest BCUT2D eigenvalue weighted by molar-refractivity contribution is 7.89. The molecule has 1 heterocycles. The number of ether oxygens (including phenoxy) is 1. The van der Waals surface area contributed by atoms with Crippen molar-refractivity contribution in [2.24, 2.45) is 0 Å². The van der Waals surface area contributed by atoms with Crippen LogP contribution in [0, 0.1) is 0 Å². The fourth-order valence-corrected chi connectivity index (χ4v) is 3.67. The summed E-state index contributed by atoms with van der Waals surface area (Å²) in [5.41, 5.74) is 0. The Morgan fingerprint density at radius 1 is 1.29 bits per heavy atom. The molecule has 1 rings (SSSR count). The van der Waals surface area contributed by atoms with Crippen molar-refractivity contribution in [1.29, 1.82) is 0 Å². The Kier molecular flexibility index (Phi) is 7.55. The number of methoxy groups -OCH3 is 1. The van der Waals surface area contributed by atoms with Crippen molar-refractivity contribution in [1.82, 2.24) is 14.2 Å². The molecule has 0 saturated heterocycles. The minimum atomic E-state index is -3.66. The van der Waals surface area contributed by atoms with Crippen molar-refractivity contribution in [3.05, 3.63) is 23.5 Å². The number of rotatable bonds is 9. The molecule has 0 radical (unpaired) electrons. The van der Waals surface area contributed by atoms with Gasteiger partial charge in [-0.15, -0.1) is 0 Å². The van der Waals surface area contributed by atoms with Gasteiger partial charge in [0.05, 0.1) is 11.6 Å². The zero-order valence-electron chi connectivity index (χ0n) is 12.6. The van der Waals surface area contributed by atoms with E-state index in [9.17, 15) is 8.42 Å². The first-order valence-electron chi connectivity index (χ1n) is 6.63. The molecule has 0 aliphatic rings. The number of sulfonamides is 1. The Morgan fingerprint density at radius 3 is 2.57 bits per heavy atom. The monoisotopic (exact) mass is 335 g/mol. The number of aromatic nitrogens is 1. The number of hydrogen-bond donors (Lipinski definition) is 0. The second-order valence-electron chi connectivity index (χ2n) is 4.86. The smallest absolute Gasteiger partial charge is 0.246 e. The molecule has 0 N–H and O–H groups in total. The van der Waals surface area contributed by atoms with Crippen LogP contribution < -0.4 is 0 Å². The Bertz CT molecular complexity index is 537. The summed E-state index contributed by atoms with van der Waals surface area (Å²) >= 11 is 5.99. The van der Waals surface area contributed by atoms with Crippen molar-refractivity contribution >= 4 is 21.6 Å². The summed E-state index contributed by atoms with van der Waals surface area (Å²) in [6, 6.07) is 1.47. The Labute approximate surface area is 131 Å². The molecule has 0 unspecified atom stereocenters. The van der Waals surface area contributed by atoms with E-state index >= 15 is 0 Å². The van der Waals surface area contributed by atoms with Gasteiger partial charge >= 0.3 is 0 Å². The molecule has 1 aromatic rings. The lowest BCUT2D eigenvalue weighted by Crippen LogP contribution is -2.36. The molecule has 0 aliphatic heterocycles. The van der Waals surface area contributed by atoms with Crippen LogP contribution in [-0.4, -0.2) is 70.1 Å². The number of pyridine rings is 1. The molecule has 0 bridgehead atoms. The summed E-state index contributed by atoms with van der Waals surface area (Å²) in [4.78, 5) is 5.90. The van der Waals surface area contributed by atoms with Gasteiger partial charge in [0.2, 0.25) is 10.0 Å². The van der Waals surface area contributed by atoms with Crippen molar-refractivity contribution in [3.63, 3.8) is 0 Å². The highest BCUT2D eigenvalue weighted by atomic mass is 35.5. The van der Waals surface area contributed by atoms with Gasteiger partial charge in [0.25, 0.3) is 0 Å². The van der Waals surface area contributed by atoms with Gasteiger partial charge in [0.15, 0.2) is 0 Å². The van der Waals surface area contributed by atoms with Crippen LogP contribution in [0.5, 0.6) is 0 Å². The first-order chi connectivity index (χ1) is 9.89. The molecular weight excluding hydrogens is 314 g/mol. The number of hydrogen-bond acceptors (Lipinski definition) is 5. The first-order valence-corrected chi connectivity index (χ1v) is 8.44. The first kappa shape index (κ1) is 18.3.